The second-order valence-corrected chi connectivity index (χ2v) is 7.63. The summed E-state index contributed by atoms with van der Waals surface area (Å²) < 4.78 is 28.3. The molecule has 0 radical (unpaired) electrons. The van der Waals surface area contributed by atoms with Gasteiger partial charge in [0.15, 0.2) is 9.84 Å². The highest BCUT2D eigenvalue weighted by Crippen LogP contribution is 2.23. The van der Waals surface area contributed by atoms with Gasteiger partial charge in [0.05, 0.1) is 18.1 Å². The second-order valence-electron chi connectivity index (χ2n) is 5.40. The van der Waals surface area contributed by atoms with Gasteiger partial charge in [-0.25, -0.2) is 8.42 Å². The Balaban J connectivity index is 1.88. The van der Waals surface area contributed by atoms with Crippen molar-refractivity contribution >= 4 is 21.4 Å². The van der Waals surface area contributed by atoms with Gasteiger partial charge in [-0.2, -0.15) is 0 Å². The zero-order valence-electron chi connectivity index (χ0n) is 12.2. The van der Waals surface area contributed by atoms with E-state index in [1.54, 1.807) is 12.1 Å². The molecule has 116 valence electrons. The molecule has 21 heavy (non-hydrogen) atoms. The van der Waals surface area contributed by atoms with Gasteiger partial charge in [0.25, 0.3) is 0 Å². The van der Waals surface area contributed by atoms with Gasteiger partial charge in [-0.3, -0.25) is 4.79 Å². The molecule has 0 spiro atoms. The Morgan fingerprint density at radius 1 is 1.43 bits per heavy atom. The number of nitrogens with one attached hydrogen (secondary N) is 1. The Labute approximate surface area is 125 Å². The zero-order valence-corrected chi connectivity index (χ0v) is 13.0. The molecule has 5 nitrogen and oxygen atoms in total. The third kappa shape index (κ3) is 5.04. The number of rotatable bonds is 6. The summed E-state index contributed by atoms with van der Waals surface area (Å²) in [6.07, 6.45) is 1.75. The predicted molar refractivity (Wildman–Crippen MR) is 82.2 cm³/mol. The van der Waals surface area contributed by atoms with Gasteiger partial charge in [0.2, 0.25) is 5.91 Å². The van der Waals surface area contributed by atoms with E-state index in [1.807, 2.05) is 19.1 Å². The van der Waals surface area contributed by atoms with E-state index in [2.05, 4.69) is 5.32 Å². The van der Waals surface area contributed by atoms with Crippen LogP contribution >= 0.6 is 0 Å². The first-order chi connectivity index (χ1) is 9.98. The van der Waals surface area contributed by atoms with Crippen molar-refractivity contribution in [3.05, 3.63) is 24.3 Å². The van der Waals surface area contributed by atoms with Crippen LogP contribution in [0, 0.1) is 5.92 Å². The van der Waals surface area contributed by atoms with Gasteiger partial charge in [-0.05, 0) is 30.9 Å². The van der Waals surface area contributed by atoms with Crippen molar-refractivity contribution in [2.75, 3.05) is 23.4 Å². The molecule has 1 heterocycles. The summed E-state index contributed by atoms with van der Waals surface area (Å²) in [5.74, 6) is 0.836. The molecule has 1 saturated heterocycles. The van der Waals surface area contributed by atoms with E-state index in [0.29, 0.717) is 18.7 Å². The Bertz CT molecular complexity index is 597. The molecule has 1 atom stereocenters. The zero-order chi connectivity index (χ0) is 15.3. The fraction of sp³-hybridized carbons (Fsp3) is 0.533. The lowest BCUT2D eigenvalue weighted by Gasteiger charge is -2.10. The molecule has 1 aliphatic rings. The van der Waals surface area contributed by atoms with Crippen molar-refractivity contribution in [2.45, 2.75) is 26.2 Å². The summed E-state index contributed by atoms with van der Waals surface area (Å²) in [5.41, 5.74) is 0.675. The topological polar surface area (TPSA) is 72.5 Å². The summed E-state index contributed by atoms with van der Waals surface area (Å²) in [6, 6.07) is 7.23. The fourth-order valence-corrected chi connectivity index (χ4v) is 4.25. The molecule has 1 N–H and O–H groups in total. The highest BCUT2D eigenvalue weighted by atomic mass is 32.2. The van der Waals surface area contributed by atoms with E-state index in [0.717, 1.165) is 12.2 Å². The number of hydrogen-bond acceptors (Lipinski definition) is 4. The molecule has 0 aromatic heterocycles. The largest absolute Gasteiger partial charge is 0.494 e. The standard InChI is InChI=1S/C15H21NO4S/c1-2-7-20-14-5-3-4-13(10-14)16-15(17)9-12-6-8-21(18,19)11-12/h3-5,10,12H,2,6-9,11H2,1H3,(H,16,17)/t12-/m1/s1. The molecule has 1 aliphatic heterocycles. The van der Waals surface area contributed by atoms with Crippen LogP contribution in [0.3, 0.4) is 0 Å². The van der Waals surface area contributed by atoms with Crippen molar-refractivity contribution in [3.8, 4) is 5.75 Å². The fourth-order valence-electron chi connectivity index (χ4n) is 2.39. The van der Waals surface area contributed by atoms with Crippen LogP contribution in [0.2, 0.25) is 0 Å². The van der Waals surface area contributed by atoms with Crippen LogP contribution in [0.5, 0.6) is 5.75 Å². The van der Waals surface area contributed by atoms with Gasteiger partial charge >= 0.3 is 0 Å². The van der Waals surface area contributed by atoms with Crippen LogP contribution < -0.4 is 10.1 Å². The van der Waals surface area contributed by atoms with E-state index >= 15 is 0 Å². The Morgan fingerprint density at radius 3 is 2.90 bits per heavy atom. The number of anilines is 1. The number of hydrogen-bond donors (Lipinski definition) is 1. The van der Waals surface area contributed by atoms with E-state index in [1.165, 1.54) is 0 Å². The molecule has 0 unspecified atom stereocenters. The summed E-state index contributed by atoms with van der Waals surface area (Å²) in [4.78, 5) is 12.0. The Kier molecular flexibility index (Phi) is 5.22. The molecule has 0 aliphatic carbocycles. The van der Waals surface area contributed by atoms with Crippen molar-refractivity contribution in [1.29, 1.82) is 0 Å². The van der Waals surface area contributed by atoms with Gasteiger partial charge in [0.1, 0.15) is 5.75 Å². The van der Waals surface area contributed by atoms with Crippen LogP contribution in [-0.2, 0) is 14.6 Å². The molecule has 2 rings (SSSR count). The summed E-state index contributed by atoms with van der Waals surface area (Å²) in [5, 5.41) is 2.80. The minimum Gasteiger partial charge on any atom is -0.494 e. The van der Waals surface area contributed by atoms with E-state index in [9.17, 15) is 13.2 Å². The van der Waals surface area contributed by atoms with Gasteiger partial charge in [0, 0.05) is 18.2 Å². The van der Waals surface area contributed by atoms with Gasteiger partial charge < -0.3 is 10.1 Å². The average molecular weight is 311 g/mol. The average Bonchev–Trinajstić information content (AvgIpc) is 2.75. The summed E-state index contributed by atoms with van der Waals surface area (Å²) >= 11 is 0. The molecule has 1 fully saturated rings. The third-order valence-corrected chi connectivity index (χ3v) is 5.23. The normalized spacial score (nSPS) is 20.1. The number of amides is 1. The molecular formula is C15H21NO4S. The highest BCUT2D eigenvalue weighted by molar-refractivity contribution is 7.91. The van der Waals surface area contributed by atoms with Crippen LogP contribution in [0.15, 0.2) is 24.3 Å². The Morgan fingerprint density at radius 2 is 2.24 bits per heavy atom. The van der Waals surface area contributed by atoms with E-state index < -0.39 is 9.84 Å². The van der Waals surface area contributed by atoms with E-state index in [-0.39, 0.29) is 29.8 Å². The number of sulfone groups is 1. The van der Waals surface area contributed by atoms with Crippen molar-refractivity contribution in [2.24, 2.45) is 5.92 Å². The van der Waals surface area contributed by atoms with Crippen molar-refractivity contribution in [3.63, 3.8) is 0 Å². The summed E-state index contributed by atoms with van der Waals surface area (Å²) in [7, 11) is -2.93. The lowest BCUT2D eigenvalue weighted by atomic mass is 10.1. The van der Waals surface area contributed by atoms with Crippen LogP contribution in [0.25, 0.3) is 0 Å². The minimum absolute atomic E-state index is 0.0606. The number of carbonyl (C=O) groups excluding carboxylic acids is 1. The monoisotopic (exact) mass is 311 g/mol. The SMILES string of the molecule is CCCOc1cccc(NC(=O)C[C@H]2CCS(=O)(=O)C2)c1. The number of ether oxygens (including phenoxy) is 1. The van der Waals surface area contributed by atoms with Crippen LogP contribution in [0.4, 0.5) is 5.69 Å². The van der Waals surface area contributed by atoms with Gasteiger partial charge in [-0.15, -0.1) is 0 Å². The number of carbonyl (C=O) groups is 1. The smallest absolute Gasteiger partial charge is 0.224 e. The molecule has 0 bridgehead atoms. The third-order valence-electron chi connectivity index (χ3n) is 3.39. The Hall–Kier alpha value is -1.56. The van der Waals surface area contributed by atoms with Crippen LogP contribution in [-0.4, -0.2) is 32.4 Å². The maximum Gasteiger partial charge on any atom is 0.224 e. The molecule has 1 amide bonds. The number of benzene rings is 1. The van der Waals surface area contributed by atoms with Crippen molar-refractivity contribution in [1.82, 2.24) is 0 Å². The van der Waals surface area contributed by atoms with Crippen LogP contribution in [0.1, 0.15) is 26.2 Å². The minimum atomic E-state index is -2.93. The maximum atomic E-state index is 12.0. The van der Waals surface area contributed by atoms with Gasteiger partial charge in [-0.1, -0.05) is 13.0 Å². The molecular weight excluding hydrogens is 290 g/mol. The first-order valence-corrected chi connectivity index (χ1v) is 9.04. The first kappa shape index (κ1) is 15.8. The lowest BCUT2D eigenvalue weighted by Crippen LogP contribution is -2.17. The summed E-state index contributed by atoms with van der Waals surface area (Å²) in [6.45, 7) is 2.67. The molecule has 0 saturated carbocycles. The lowest BCUT2D eigenvalue weighted by molar-refractivity contribution is -0.116. The molecule has 1 aromatic rings. The molecule has 1 aromatic carbocycles. The van der Waals surface area contributed by atoms with E-state index in [4.69, 9.17) is 4.74 Å². The quantitative estimate of drug-likeness (QED) is 0.874. The second kappa shape index (κ2) is 6.93. The predicted octanol–water partition coefficient (Wildman–Crippen LogP) is 2.24. The maximum absolute atomic E-state index is 12.0. The highest BCUT2D eigenvalue weighted by Gasteiger charge is 2.29. The molecule has 6 heteroatoms. The van der Waals surface area contributed by atoms with Crippen molar-refractivity contribution < 1.29 is 17.9 Å². The first-order valence-electron chi connectivity index (χ1n) is 7.21.